The van der Waals surface area contributed by atoms with Gasteiger partial charge < -0.3 is 34.5 Å². The normalized spacial score (nSPS) is 28.5. The van der Waals surface area contributed by atoms with Crippen LogP contribution in [0.3, 0.4) is 0 Å². The minimum atomic E-state index is -1.28. The molecule has 1 amide bonds. The van der Waals surface area contributed by atoms with Crippen LogP contribution in [-0.4, -0.2) is 52.1 Å². The zero-order valence-corrected chi connectivity index (χ0v) is 25.4. The highest BCUT2D eigenvalue weighted by atomic mass is 16.7. The Hall–Kier alpha value is -4.05. The monoisotopic (exact) mass is 605 g/mol. The molecular formula is C34H39NO9. The van der Waals surface area contributed by atoms with Crippen molar-refractivity contribution in [1.82, 2.24) is 5.32 Å². The fraction of sp³-hybridized carbons (Fsp3) is 0.500. The molecular weight excluding hydrogens is 566 g/mol. The van der Waals surface area contributed by atoms with Crippen molar-refractivity contribution in [2.75, 3.05) is 6.54 Å². The highest BCUT2D eigenvalue weighted by Gasteiger charge is 2.71. The van der Waals surface area contributed by atoms with Gasteiger partial charge >= 0.3 is 12.1 Å². The van der Waals surface area contributed by atoms with Gasteiger partial charge in [-0.05, 0) is 76.0 Å². The lowest BCUT2D eigenvalue weighted by Crippen LogP contribution is -2.69. The third-order valence-corrected chi connectivity index (χ3v) is 9.54. The average molecular weight is 606 g/mol. The molecule has 1 saturated carbocycles. The molecule has 44 heavy (non-hydrogen) atoms. The van der Waals surface area contributed by atoms with Crippen molar-refractivity contribution in [2.24, 2.45) is 11.8 Å². The van der Waals surface area contributed by atoms with Crippen LogP contribution in [0, 0.1) is 11.8 Å². The molecule has 3 aliphatic carbocycles. The maximum Gasteiger partial charge on any atom is 0.509 e. The number of aromatic hydroxyl groups is 1. The number of ether oxygens (including phenoxy) is 4. The summed E-state index contributed by atoms with van der Waals surface area (Å²) in [5.74, 6) is -0.236. The number of nitrogens with one attached hydrogen (secondary N) is 1. The molecule has 2 aromatic carbocycles. The van der Waals surface area contributed by atoms with E-state index in [4.69, 9.17) is 18.9 Å². The predicted molar refractivity (Wildman–Crippen MR) is 158 cm³/mol. The second-order valence-electron chi connectivity index (χ2n) is 13.4. The van der Waals surface area contributed by atoms with Crippen LogP contribution in [0.2, 0.25) is 0 Å². The molecule has 0 aromatic heterocycles. The zero-order chi connectivity index (χ0) is 31.4. The fourth-order valence-electron chi connectivity index (χ4n) is 7.65. The van der Waals surface area contributed by atoms with E-state index < -0.39 is 46.9 Å². The number of rotatable bonds is 7. The Morgan fingerprint density at radius 2 is 1.89 bits per heavy atom. The summed E-state index contributed by atoms with van der Waals surface area (Å²) in [5.41, 5.74) is -0.387. The molecule has 1 spiro atoms. The van der Waals surface area contributed by atoms with Crippen molar-refractivity contribution in [3.63, 3.8) is 0 Å². The Kier molecular flexibility index (Phi) is 7.39. The van der Waals surface area contributed by atoms with E-state index in [0.29, 0.717) is 42.3 Å². The molecule has 4 aliphatic rings. The number of phenolic OH excluding ortho intramolecular Hbond substituents is 1. The molecule has 1 aliphatic heterocycles. The van der Waals surface area contributed by atoms with Crippen molar-refractivity contribution in [2.45, 2.75) is 88.6 Å². The molecule has 2 aromatic rings. The lowest BCUT2D eigenvalue weighted by Gasteiger charge is -2.61. The summed E-state index contributed by atoms with van der Waals surface area (Å²) in [6, 6.07) is 12.1. The number of amides is 1. The Morgan fingerprint density at radius 1 is 1.14 bits per heavy atom. The molecule has 3 N–H and O–H groups in total. The number of esters is 1. The summed E-state index contributed by atoms with van der Waals surface area (Å²) in [4.78, 5) is 38.5. The Bertz CT molecular complexity index is 1510. The van der Waals surface area contributed by atoms with Crippen LogP contribution in [-0.2, 0) is 35.6 Å². The Labute approximate surface area is 256 Å². The number of benzene rings is 2. The summed E-state index contributed by atoms with van der Waals surface area (Å²) in [6.45, 7) is 7.17. The van der Waals surface area contributed by atoms with E-state index in [1.165, 1.54) is 0 Å². The van der Waals surface area contributed by atoms with Crippen molar-refractivity contribution >= 4 is 18.0 Å². The van der Waals surface area contributed by atoms with Gasteiger partial charge in [0, 0.05) is 17.7 Å². The molecule has 6 atom stereocenters. The second-order valence-corrected chi connectivity index (χ2v) is 13.4. The fourth-order valence-corrected chi connectivity index (χ4v) is 7.65. The molecule has 10 heteroatoms. The zero-order valence-electron chi connectivity index (χ0n) is 25.4. The minimum Gasteiger partial charge on any atom is -0.504 e. The van der Waals surface area contributed by atoms with Gasteiger partial charge in [-0.25, -0.2) is 4.79 Å². The molecule has 6 rings (SSSR count). The summed E-state index contributed by atoms with van der Waals surface area (Å²) < 4.78 is 22.8. The maximum atomic E-state index is 13.1. The van der Waals surface area contributed by atoms with Crippen LogP contribution in [0.4, 0.5) is 4.79 Å². The van der Waals surface area contributed by atoms with E-state index in [0.717, 1.165) is 17.5 Å². The summed E-state index contributed by atoms with van der Waals surface area (Å²) in [6.07, 6.45) is 1.06. The first-order valence-corrected chi connectivity index (χ1v) is 15.2. The quantitative estimate of drug-likeness (QED) is 0.381. The van der Waals surface area contributed by atoms with E-state index in [1.54, 1.807) is 63.2 Å². The Morgan fingerprint density at radius 3 is 2.61 bits per heavy atom. The lowest BCUT2D eigenvalue weighted by molar-refractivity contribution is -0.170. The number of hydrogen-bond acceptors (Lipinski definition) is 9. The molecule has 0 radical (unpaired) electrons. The number of hydrogen-bond donors (Lipinski definition) is 3. The van der Waals surface area contributed by atoms with Gasteiger partial charge in [0.05, 0.1) is 17.4 Å². The van der Waals surface area contributed by atoms with E-state index in [-0.39, 0.29) is 24.6 Å². The number of carbonyl (C=O) groups excluding carboxylic acids is 3. The third kappa shape index (κ3) is 4.89. The van der Waals surface area contributed by atoms with Crippen LogP contribution < -0.4 is 10.1 Å². The van der Waals surface area contributed by atoms with Crippen LogP contribution in [0.15, 0.2) is 54.3 Å². The molecule has 0 saturated heterocycles. The first-order chi connectivity index (χ1) is 20.8. The first-order valence-electron chi connectivity index (χ1n) is 15.2. The minimum absolute atomic E-state index is 0.00177. The van der Waals surface area contributed by atoms with Crippen molar-refractivity contribution in [1.29, 1.82) is 0 Å². The summed E-state index contributed by atoms with van der Waals surface area (Å²) in [5, 5.41) is 25.6. The van der Waals surface area contributed by atoms with Crippen molar-refractivity contribution in [3.8, 4) is 11.5 Å². The molecule has 1 heterocycles. The number of aliphatic hydroxyl groups is 1. The average Bonchev–Trinajstić information content (AvgIpc) is 3.32. The van der Waals surface area contributed by atoms with Gasteiger partial charge in [-0.1, -0.05) is 43.3 Å². The van der Waals surface area contributed by atoms with Gasteiger partial charge in [-0.15, -0.1) is 0 Å². The van der Waals surface area contributed by atoms with Crippen LogP contribution >= 0.6 is 0 Å². The molecule has 234 valence electrons. The van der Waals surface area contributed by atoms with Gasteiger partial charge in [0.25, 0.3) is 5.91 Å². The standard InChI is InChI=1S/C34H39NO9/c1-19-12-15-33-26-21-10-11-23(36)28(26)42-29(33)24(13-16-34(33,40)22(19)18-21)41-25(37)14-17-35-30(38)27(20-8-6-5-7-9-20)43-31(39)44-32(2,3)4/h5-11,13,19,22,27,29,36,40H,12,14-18H2,1-4H3,(H,35,38)/t19?,22-,27-,29-,33-,34+/m0/s1. The predicted octanol–water partition coefficient (Wildman–Crippen LogP) is 4.75. The Balaban J connectivity index is 1.14. The number of carbonyl (C=O) groups is 3. The van der Waals surface area contributed by atoms with Gasteiger partial charge in [-0.3, -0.25) is 9.59 Å². The highest BCUT2D eigenvalue weighted by molar-refractivity contribution is 5.84. The van der Waals surface area contributed by atoms with Gasteiger partial charge in [0.1, 0.15) is 11.4 Å². The van der Waals surface area contributed by atoms with Crippen molar-refractivity contribution in [3.05, 3.63) is 71.0 Å². The summed E-state index contributed by atoms with van der Waals surface area (Å²) >= 11 is 0. The van der Waals surface area contributed by atoms with Crippen LogP contribution in [0.25, 0.3) is 0 Å². The maximum absolute atomic E-state index is 13.1. The molecule has 1 unspecified atom stereocenters. The molecule has 1 fully saturated rings. The van der Waals surface area contributed by atoms with E-state index in [1.807, 2.05) is 6.07 Å². The van der Waals surface area contributed by atoms with Crippen molar-refractivity contribution < 1.29 is 43.5 Å². The number of phenols is 1. The van der Waals surface area contributed by atoms with E-state index in [2.05, 4.69) is 12.2 Å². The van der Waals surface area contributed by atoms with Gasteiger partial charge in [-0.2, -0.15) is 0 Å². The first kappa shape index (κ1) is 30.0. The highest BCUT2D eigenvalue weighted by Crippen LogP contribution is 2.68. The summed E-state index contributed by atoms with van der Waals surface area (Å²) in [7, 11) is 0. The topological polar surface area (TPSA) is 141 Å². The smallest absolute Gasteiger partial charge is 0.504 e. The van der Waals surface area contributed by atoms with Crippen LogP contribution in [0.5, 0.6) is 11.5 Å². The van der Waals surface area contributed by atoms with Gasteiger partial charge in [0.2, 0.25) is 6.10 Å². The van der Waals surface area contributed by atoms with E-state index >= 15 is 0 Å². The second kappa shape index (κ2) is 10.8. The van der Waals surface area contributed by atoms with Gasteiger partial charge in [0.15, 0.2) is 17.6 Å². The SMILES string of the molecule is CC1CC[C@]23c4c5ccc(O)c4O[C@H]2C(OC(=O)CCNC(=O)[C@@H](OC(=O)OC(C)(C)C)c2ccccc2)=CC[C@@]3(O)[C@H]1C5. The molecule has 10 nitrogen and oxygen atoms in total. The molecule has 2 bridgehead atoms. The lowest BCUT2D eigenvalue weighted by atomic mass is 9.45. The van der Waals surface area contributed by atoms with E-state index in [9.17, 15) is 24.6 Å². The third-order valence-electron chi connectivity index (χ3n) is 9.54. The largest absolute Gasteiger partial charge is 0.509 e. The van der Waals surface area contributed by atoms with Crippen LogP contribution in [0.1, 0.15) is 76.2 Å².